The molecule has 0 fully saturated rings. The quantitative estimate of drug-likeness (QED) is 0.271. The van der Waals surface area contributed by atoms with Gasteiger partial charge in [0.25, 0.3) is 0 Å². The van der Waals surface area contributed by atoms with Crippen LogP contribution < -0.4 is 37.7 Å². The van der Waals surface area contributed by atoms with Crippen LogP contribution in [0.15, 0.2) is 30.3 Å². The van der Waals surface area contributed by atoms with E-state index in [2.05, 4.69) is 43.7 Å². The van der Waals surface area contributed by atoms with Gasteiger partial charge in [-0.1, -0.05) is 38.7 Å². The number of benzene rings is 1. The molecule has 0 saturated carbocycles. The Balaban J connectivity index is 0. The van der Waals surface area contributed by atoms with Crippen molar-refractivity contribution in [3.8, 4) is 0 Å². The van der Waals surface area contributed by atoms with Gasteiger partial charge in [-0.15, -0.1) is 12.1 Å². The molecule has 0 bridgehead atoms. The molecule has 2 heteroatoms. The molecule has 14 heavy (non-hydrogen) atoms. The fourth-order valence-corrected chi connectivity index (χ4v) is 1.25. The molecule has 0 aromatic heterocycles. The minimum absolute atomic E-state index is 0. The molecule has 0 amide bonds. The van der Waals surface area contributed by atoms with Crippen molar-refractivity contribution in [3.63, 3.8) is 0 Å². The predicted octanol–water partition coefficient (Wildman–Crippen LogP) is -2.17. The van der Waals surface area contributed by atoms with Crippen LogP contribution in [-0.4, -0.2) is 0 Å². The average Bonchev–Trinajstić information content (AvgIpc) is 2.14. The zero-order chi connectivity index (χ0) is 8.65. The summed E-state index contributed by atoms with van der Waals surface area (Å²) in [5.41, 5.74) is 1.36. The molecule has 0 aliphatic carbocycles. The van der Waals surface area contributed by atoms with Gasteiger partial charge in [-0.3, -0.25) is 0 Å². The molecule has 0 nitrogen and oxygen atoms in total. The molecular weight excluding hydrogens is 158 g/mol. The van der Waals surface area contributed by atoms with Crippen LogP contribution in [0, 0.1) is 6.42 Å². The van der Waals surface area contributed by atoms with Gasteiger partial charge in [-0.25, -0.2) is 0 Å². The molecule has 0 spiro atoms. The van der Waals surface area contributed by atoms with Crippen LogP contribution >= 0.6 is 0 Å². The van der Waals surface area contributed by atoms with Crippen molar-refractivity contribution in [2.45, 2.75) is 32.6 Å². The SMILES string of the molecule is CCCCC[CH-]c1ccccc1.[Li+].[Li+]. The van der Waals surface area contributed by atoms with Gasteiger partial charge in [0.2, 0.25) is 0 Å². The molecule has 0 N–H and O–H groups in total. The minimum Gasteiger partial charge on any atom is -0.192 e. The maximum Gasteiger partial charge on any atom is 1.00 e. The van der Waals surface area contributed by atoms with E-state index >= 15 is 0 Å². The van der Waals surface area contributed by atoms with Gasteiger partial charge in [0.1, 0.15) is 0 Å². The van der Waals surface area contributed by atoms with Crippen LogP contribution in [-0.2, 0) is 0 Å². The molecule has 0 heterocycles. The number of rotatable bonds is 5. The van der Waals surface area contributed by atoms with E-state index in [4.69, 9.17) is 0 Å². The van der Waals surface area contributed by atoms with Crippen molar-refractivity contribution >= 4 is 0 Å². The van der Waals surface area contributed by atoms with Crippen molar-refractivity contribution < 1.29 is 37.7 Å². The average molecular weight is 175 g/mol. The fourth-order valence-electron chi connectivity index (χ4n) is 1.25. The normalized spacial score (nSPS) is 8.36. The van der Waals surface area contributed by atoms with Gasteiger partial charge >= 0.3 is 37.7 Å². The van der Waals surface area contributed by atoms with Gasteiger partial charge in [-0.05, 0) is 0 Å². The molecule has 0 saturated heterocycles. The maximum atomic E-state index is 2.32. The molecule has 66 valence electrons. The van der Waals surface area contributed by atoms with Crippen LogP contribution in [0.3, 0.4) is 0 Å². The predicted molar refractivity (Wildman–Crippen MR) is 54.0 cm³/mol. The van der Waals surface area contributed by atoms with E-state index in [1.165, 1.54) is 31.2 Å². The molecule has 0 atom stereocenters. The van der Waals surface area contributed by atoms with E-state index in [1.807, 2.05) is 0 Å². The number of hydrogen-bond acceptors (Lipinski definition) is 0. The summed E-state index contributed by atoms with van der Waals surface area (Å²) in [7, 11) is 0. The third-order valence-electron chi connectivity index (χ3n) is 1.99. The summed E-state index contributed by atoms with van der Waals surface area (Å²) in [6.45, 7) is 2.24. The second kappa shape index (κ2) is 11.4. The third-order valence-corrected chi connectivity index (χ3v) is 1.99. The van der Waals surface area contributed by atoms with Crippen LogP contribution in [0.1, 0.15) is 38.2 Å². The van der Waals surface area contributed by atoms with Crippen molar-refractivity contribution in [2.75, 3.05) is 0 Å². The van der Waals surface area contributed by atoms with Gasteiger partial charge < -0.3 is 0 Å². The number of unbranched alkanes of at least 4 members (excludes halogenated alkanes) is 3. The molecule has 0 radical (unpaired) electrons. The van der Waals surface area contributed by atoms with Gasteiger partial charge in [0.05, 0.1) is 0 Å². The standard InChI is InChI=1S/C12H17.2Li/c1-2-3-4-6-9-12-10-7-5-8-11-12;;/h5,7-11H,2-4,6H2,1H3;;/q-1;2*+1. The second-order valence-electron chi connectivity index (χ2n) is 3.11. The first-order valence-corrected chi connectivity index (χ1v) is 4.81. The molecule has 1 aromatic rings. The first-order valence-electron chi connectivity index (χ1n) is 4.81. The summed E-state index contributed by atoms with van der Waals surface area (Å²) in [4.78, 5) is 0. The molecule has 0 aliphatic rings. The van der Waals surface area contributed by atoms with Crippen molar-refractivity contribution in [2.24, 2.45) is 0 Å². The largest absolute Gasteiger partial charge is 1.00 e. The summed E-state index contributed by atoms with van der Waals surface area (Å²) in [5, 5.41) is 0. The van der Waals surface area contributed by atoms with E-state index in [0.29, 0.717) is 0 Å². The summed E-state index contributed by atoms with van der Waals surface area (Å²) in [6.07, 6.45) is 7.52. The van der Waals surface area contributed by atoms with Crippen LogP contribution in [0.2, 0.25) is 0 Å². The van der Waals surface area contributed by atoms with Crippen LogP contribution in [0.4, 0.5) is 0 Å². The van der Waals surface area contributed by atoms with Gasteiger partial charge in [0.15, 0.2) is 0 Å². The summed E-state index contributed by atoms with van der Waals surface area (Å²) < 4.78 is 0. The van der Waals surface area contributed by atoms with Gasteiger partial charge in [-0.2, -0.15) is 24.1 Å². The van der Waals surface area contributed by atoms with E-state index in [0.717, 1.165) is 0 Å². The number of hydrogen-bond donors (Lipinski definition) is 0. The van der Waals surface area contributed by atoms with E-state index in [-0.39, 0.29) is 37.7 Å². The van der Waals surface area contributed by atoms with Gasteiger partial charge in [0, 0.05) is 0 Å². The van der Waals surface area contributed by atoms with E-state index in [9.17, 15) is 0 Å². The van der Waals surface area contributed by atoms with Crippen molar-refractivity contribution in [3.05, 3.63) is 42.3 Å². The Labute approximate surface area is 112 Å². The Kier molecular flexibility index (Phi) is 13.6. The zero-order valence-corrected chi connectivity index (χ0v) is 9.79. The van der Waals surface area contributed by atoms with Crippen LogP contribution in [0.25, 0.3) is 0 Å². The Morgan fingerprint density at radius 1 is 1.00 bits per heavy atom. The fraction of sp³-hybridized carbons (Fsp3) is 0.417. The Morgan fingerprint density at radius 3 is 2.21 bits per heavy atom. The molecule has 1 rings (SSSR count). The Hall–Kier alpha value is 0.285. The monoisotopic (exact) mass is 175 g/mol. The smallest absolute Gasteiger partial charge is 0.192 e. The van der Waals surface area contributed by atoms with E-state index < -0.39 is 0 Å². The zero-order valence-electron chi connectivity index (χ0n) is 9.79. The maximum absolute atomic E-state index is 2.32. The Bertz CT molecular complexity index is 197. The Morgan fingerprint density at radius 2 is 1.64 bits per heavy atom. The minimum atomic E-state index is 0. The van der Waals surface area contributed by atoms with Crippen LogP contribution in [0.5, 0.6) is 0 Å². The second-order valence-corrected chi connectivity index (χ2v) is 3.11. The first-order chi connectivity index (χ1) is 5.93. The summed E-state index contributed by atoms with van der Waals surface area (Å²) >= 11 is 0. The summed E-state index contributed by atoms with van der Waals surface area (Å²) in [6, 6.07) is 10.6. The topological polar surface area (TPSA) is 0 Å². The van der Waals surface area contributed by atoms with E-state index in [1.54, 1.807) is 0 Å². The molecule has 0 unspecified atom stereocenters. The van der Waals surface area contributed by atoms with Crippen molar-refractivity contribution in [1.29, 1.82) is 0 Å². The summed E-state index contributed by atoms with van der Waals surface area (Å²) in [5.74, 6) is 0. The molecule has 1 aromatic carbocycles. The molecule has 0 aliphatic heterocycles. The van der Waals surface area contributed by atoms with Crippen molar-refractivity contribution in [1.82, 2.24) is 0 Å². The first kappa shape index (κ1) is 16.7. The molecular formula is C12H17Li2+. The third kappa shape index (κ3) is 7.67.